The highest BCUT2D eigenvalue weighted by Gasteiger charge is 2.37. The van der Waals surface area contributed by atoms with Gasteiger partial charge in [-0.1, -0.05) is 0 Å². The summed E-state index contributed by atoms with van der Waals surface area (Å²) in [5.74, 6) is 0.702. The third kappa shape index (κ3) is 4.47. The Morgan fingerprint density at radius 3 is 2.60 bits per heavy atom. The monoisotopic (exact) mass is 216 g/mol. The Kier molecular flexibility index (Phi) is 4.99. The van der Waals surface area contributed by atoms with E-state index in [2.05, 4.69) is 12.2 Å². The standard InChI is InChI=1S/C11H24N2O2/c1-11(12,9-4-5-9)8-13-6-10(15-3)7-14-2/h9-10,13H,4-8,12H2,1-3H3. The molecule has 0 heterocycles. The molecule has 0 aromatic rings. The molecule has 15 heavy (non-hydrogen) atoms. The quantitative estimate of drug-likeness (QED) is 0.615. The minimum Gasteiger partial charge on any atom is -0.382 e. The first-order valence-electron chi connectivity index (χ1n) is 5.61. The van der Waals surface area contributed by atoms with Crippen LogP contribution < -0.4 is 11.1 Å². The molecule has 2 unspecified atom stereocenters. The zero-order valence-corrected chi connectivity index (χ0v) is 10.1. The first-order chi connectivity index (χ1) is 7.10. The molecular weight excluding hydrogens is 192 g/mol. The Hall–Kier alpha value is -0.160. The Bertz CT molecular complexity index is 181. The first kappa shape index (κ1) is 12.9. The molecule has 0 bridgehead atoms. The van der Waals surface area contributed by atoms with E-state index in [1.807, 2.05) is 0 Å². The third-order valence-electron chi connectivity index (χ3n) is 3.07. The molecule has 4 heteroatoms. The predicted molar refractivity (Wildman–Crippen MR) is 60.9 cm³/mol. The van der Waals surface area contributed by atoms with Crippen LogP contribution in [0.25, 0.3) is 0 Å². The van der Waals surface area contributed by atoms with Crippen LogP contribution in [0.3, 0.4) is 0 Å². The van der Waals surface area contributed by atoms with Crippen molar-refractivity contribution in [1.29, 1.82) is 0 Å². The van der Waals surface area contributed by atoms with E-state index in [0.717, 1.165) is 13.1 Å². The molecule has 1 aliphatic rings. The maximum absolute atomic E-state index is 6.19. The molecule has 0 saturated heterocycles. The summed E-state index contributed by atoms with van der Waals surface area (Å²) >= 11 is 0. The maximum atomic E-state index is 6.19. The lowest BCUT2D eigenvalue weighted by molar-refractivity contribution is 0.0282. The van der Waals surface area contributed by atoms with Crippen LogP contribution in [0.4, 0.5) is 0 Å². The molecule has 0 aliphatic heterocycles. The molecule has 0 aromatic carbocycles. The van der Waals surface area contributed by atoms with E-state index in [1.165, 1.54) is 12.8 Å². The van der Waals surface area contributed by atoms with Gasteiger partial charge in [-0.05, 0) is 25.7 Å². The molecule has 90 valence electrons. The summed E-state index contributed by atoms with van der Waals surface area (Å²) in [5.41, 5.74) is 6.12. The van der Waals surface area contributed by atoms with Gasteiger partial charge in [0, 0.05) is 32.8 Å². The Balaban J connectivity index is 2.13. The van der Waals surface area contributed by atoms with Crippen molar-refractivity contribution in [1.82, 2.24) is 5.32 Å². The van der Waals surface area contributed by atoms with E-state index in [4.69, 9.17) is 15.2 Å². The van der Waals surface area contributed by atoms with Crippen LogP contribution >= 0.6 is 0 Å². The summed E-state index contributed by atoms with van der Waals surface area (Å²) in [7, 11) is 3.39. The Morgan fingerprint density at radius 2 is 2.13 bits per heavy atom. The van der Waals surface area contributed by atoms with Crippen LogP contribution in [-0.4, -0.2) is 45.6 Å². The second-order valence-corrected chi connectivity index (χ2v) is 4.72. The molecule has 0 spiro atoms. The van der Waals surface area contributed by atoms with Crippen molar-refractivity contribution in [2.24, 2.45) is 11.7 Å². The number of hydrogen-bond acceptors (Lipinski definition) is 4. The number of ether oxygens (including phenoxy) is 2. The molecule has 1 fully saturated rings. The van der Waals surface area contributed by atoms with Gasteiger partial charge in [-0.15, -0.1) is 0 Å². The van der Waals surface area contributed by atoms with Crippen molar-refractivity contribution in [2.45, 2.75) is 31.4 Å². The van der Waals surface area contributed by atoms with Crippen LogP contribution in [0.2, 0.25) is 0 Å². The van der Waals surface area contributed by atoms with Crippen molar-refractivity contribution >= 4 is 0 Å². The minimum atomic E-state index is -0.0641. The fraction of sp³-hybridized carbons (Fsp3) is 1.00. The van der Waals surface area contributed by atoms with E-state index in [9.17, 15) is 0 Å². The molecule has 3 N–H and O–H groups in total. The zero-order chi connectivity index (χ0) is 11.3. The second-order valence-electron chi connectivity index (χ2n) is 4.72. The summed E-state index contributed by atoms with van der Waals surface area (Å²) in [6.45, 7) is 4.38. The molecule has 0 radical (unpaired) electrons. The SMILES string of the molecule is COCC(CNCC(C)(N)C1CC1)OC. The largest absolute Gasteiger partial charge is 0.382 e. The number of nitrogens with one attached hydrogen (secondary N) is 1. The lowest BCUT2D eigenvalue weighted by atomic mass is 9.97. The topological polar surface area (TPSA) is 56.5 Å². The molecule has 1 rings (SSSR count). The summed E-state index contributed by atoms with van der Waals surface area (Å²) in [5, 5.41) is 3.35. The lowest BCUT2D eigenvalue weighted by Crippen LogP contribution is -2.49. The van der Waals surface area contributed by atoms with Crippen LogP contribution in [0.5, 0.6) is 0 Å². The number of nitrogens with two attached hydrogens (primary N) is 1. The van der Waals surface area contributed by atoms with Crippen LogP contribution in [0, 0.1) is 5.92 Å². The predicted octanol–water partition coefficient (Wildman–Crippen LogP) is 0.365. The average Bonchev–Trinajstić information content (AvgIpc) is 2.99. The second kappa shape index (κ2) is 5.80. The van der Waals surface area contributed by atoms with Crippen LogP contribution in [0.1, 0.15) is 19.8 Å². The molecular formula is C11H24N2O2. The first-order valence-corrected chi connectivity index (χ1v) is 5.61. The lowest BCUT2D eigenvalue weighted by Gasteiger charge is -2.26. The van der Waals surface area contributed by atoms with Crippen molar-refractivity contribution in [3.8, 4) is 0 Å². The average molecular weight is 216 g/mol. The van der Waals surface area contributed by atoms with Crippen molar-refractivity contribution < 1.29 is 9.47 Å². The van der Waals surface area contributed by atoms with Crippen molar-refractivity contribution in [2.75, 3.05) is 33.9 Å². The van der Waals surface area contributed by atoms with Gasteiger partial charge in [0.05, 0.1) is 12.7 Å². The van der Waals surface area contributed by atoms with Crippen LogP contribution in [-0.2, 0) is 9.47 Å². The zero-order valence-electron chi connectivity index (χ0n) is 10.1. The van der Waals surface area contributed by atoms with Gasteiger partial charge >= 0.3 is 0 Å². The summed E-state index contributed by atoms with van der Waals surface area (Å²) in [6, 6.07) is 0. The van der Waals surface area contributed by atoms with E-state index in [-0.39, 0.29) is 11.6 Å². The highest BCUT2D eigenvalue weighted by Crippen LogP contribution is 2.37. The van der Waals surface area contributed by atoms with Crippen molar-refractivity contribution in [3.63, 3.8) is 0 Å². The normalized spacial score (nSPS) is 22.4. The van der Waals surface area contributed by atoms with Gasteiger partial charge in [0.1, 0.15) is 0 Å². The van der Waals surface area contributed by atoms with Gasteiger partial charge in [-0.2, -0.15) is 0 Å². The Labute approximate surface area is 92.5 Å². The van der Waals surface area contributed by atoms with Gasteiger partial charge in [0.15, 0.2) is 0 Å². The molecule has 0 aromatic heterocycles. The van der Waals surface area contributed by atoms with Gasteiger partial charge in [0.25, 0.3) is 0 Å². The fourth-order valence-corrected chi connectivity index (χ4v) is 1.79. The van der Waals surface area contributed by atoms with Crippen molar-refractivity contribution in [3.05, 3.63) is 0 Å². The van der Waals surface area contributed by atoms with E-state index < -0.39 is 0 Å². The highest BCUT2D eigenvalue weighted by molar-refractivity contribution is 4.96. The van der Waals surface area contributed by atoms with Gasteiger partial charge in [-0.3, -0.25) is 0 Å². The van der Waals surface area contributed by atoms with Gasteiger partial charge in [-0.25, -0.2) is 0 Å². The van der Waals surface area contributed by atoms with E-state index in [0.29, 0.717) is 12.5 Å². The maximum Gasteiger partial charge on any atom is 0.0928 e. The summed E-state index contributed by atoms with van der Waals surface area (Å²) in [6.07, 6.45) is 2.67. The highest BCUT2D eigenvalue weighted by atomic mass is 16.5. The molecule has 4 nitrogen and oxygen atoms in total. The Morgan fingerprint density at radius 1 is 1.47 bits per heavy atom. The fourth-order valence-electron chi connectivity index (χ4n) is 1.79. The van der Waals surface area contributed by atoms with Gasteiger partial charge in [0.2, 0.25) is 0 Å². The van der Waals surface area contributed by atoms with E-state index in [1.54, 1.807) is 14.2 Å². The number of rotatable bonds is 8. The molecule has 0 amide bonds. The minimum absolute atomic E-state index is 0.0641. The smallest absolute Gasteiger partial charge is 0.0928 e. The number of hydrogen-bond donors (Lipinski definition) is 2. The number of methoxy groups -OCH3 is 2. The van der Waals surface area contributed by atoms with Crippen LogP contribution in [0.15, 0.2) is 0 Å². The molecule has 1 aliphatic carbocycles. The van der Waals surface area contributed by atoms with Gasteiger partial charge < -0.3 is 20.5 Å². The third-order valence-corrected chi connectivity index (χ3v) is 3.07. The summed E-state index contributed by atoms with van der Waals surface area (Å²) < 4.78 is 10.3. The molecule has 2 atom stereocenters. The molecule has 1 saturated carbocycles. The summed E-state index contributed by atoms with van der Waals surface area (Å²) in [4.78, 5) is 0. The van der Waals surface area contributed by atoms with E-state index >= 15 is 0 Å².